The Kier molecular flexibility index (Phi) is 2.71. The van der Waals surface area contributed by atoms with Crippen molar-refractivity contribution in [3.8, 4) is 0 Å². The van der Waals surface area contributed by atoms with Gasteiger partial charge in [0.25, 0.3) is 5.22 Å². The Bertz CT molecular complexity index is 821. The molecule has 0 radical (unpaired) electrons. The smallest absolute Gasteiger partial charge is 0.351 e. The highest BCUT2D eigenvalue weighted by Gasteiger charge is 2.15. The zero-order chi connectivity index (χ0) is 12.9. The number of benzene rings is 1. The fourth-order valence-electron chi connectivity index (χ4n) is 1.84. The minimum absolute atomic E-state index is 0.402. The van der Waals surface area contributed by atoms with Gasteiger partial charge >= 0.3 is 5.63 Å². The van der Waals surface area contributed by atoms with Crippen molar-refractivity contribution in [3.63, 3.8) is 0 Å². The number of oxazole rings is 1. The molecule has 0 fully saturated rings. The van der Waals surface area contributed by atoms with Gasteiger partial charge in [-0.05, 0) is 46.8 Å². The highest BCUT2D eigenvalue weighted by Crippen LogP contribution is 2.30. The number of aryl methyl sites for hydroxylation is 1. The molecule has 92 valence electrons. The first kappa shape index (κ1) is 11.8. The molecule has 0 aliphatic rings. The van der Waals surface area contributed by atoms with Gasteiger partial charge in [0, 0.05) is 5.39 Å². The van der Waals surface area contributed by atoms with Gasteiger partial charge in [-0.15, -0.1) is 0 Å². The maximum absolute atomic E-state index is 11.7. The zero-order valence-corrected chi connectivity index (χ0v) is 12.0. The summed E-state index contributed by atoms with van der Waals surface area (Å²) in [7, 11) is 0. The molecule has 0 bridgehead atoms. The number of hydrogen-bond acceptors (Lipinski definition) is 5. The summed E-state index contributed by atoms with van der Waals surface area (Å²) >= 11 is 4.64. The molecule has 0 saturated heterocycles. The van der Waals surface area contributed by atoms with Crippen molar-refractivity contribution >= 4 is 49.8 Å². The van der Waals surface area contributed by atoms with Crippen LogP contribution in [0.5, 0.6) is 0 Å². The largest absolute Gasteiger partial charge is 0.431 e. The summed E-state index contributed by atoms with van der Waals surface area (Å²) in [5.74, 6) is 0. The third-order valence-electron chi connectivity index (χ3n) is 2.78. The van der Waals surface area contributed by atoms with Crippen LogP contribution in [-0.4, -0.2) is 11.2 Å². The van der Waals surface area contributed by atoms with Crippen LogP contribution >= 0.6 is 27.7 Å². The van der Waals surface area contributed by atoms with Gasteiger partial charge in [0.2, 0.25) is 0 Å². The van der Waals surface area contributed by atoms with Gasteiger partial charge in [-0.3, -0.25) is 0 Å². The lowest BCUT2D eigenvalue weighted by Crippen LogP contribution is -2.02. The number of thioether (sulfide) groups is 1. The fourth-order valence-corrected chi connectivity index (χ4v) is 2.49. The van der Waals surface area contributed by atoms with Gasteiger partial charge < -0.3 is 8.83 Å². The second-order valence-corrected chi connectivity index (χ2v) is 5.35. The summed E-state index contributed by atoms with van der Waals surface area (Å²) in [4.78, 5) is 16.0. The molecule has 0 atom stereocenters. The third-order valence-corrected chi connectivity index (χ3v) is 4.22. The van der Waals surface area contributed by atoms with E-state index in [0.29, 0.717) is 26.4 Å². The van der Waals surface area contributed by atoms with Crippen molar-refractivity contribution in [1.29, 1.82) is 0 Å². The molecule has 0 N–H and O–H groups in total. The van der Waals surface area contributed by atoms with Gasteiger partial charge in [0.1, 0.15) is 4.47 Å². The van der Waals surface area contributed by atoms with Crippen molar-refractivity contribution in [2.24, 2.45) is 0 Å². The predicted octanol–water partition coefficient (Wildman–Crippen LogP) is 3.73. The van der Waals surface area contributed by atoms with Crippen LogP contribution in [-0.2, 0) is 0 Å². The molecule has 3 rings (SSSR count). The Morgan fingerprint density at radius 2 is 2.11 bits per heavy atom. The lowest BCUT2D eigenvalue weighted by Gasteiger charge is -2.02. The number of halogens is 1. The molecule has 1 aromatic carbocycles. The fraction of sp³-hybridized carbons (Fsp3) is 0.167. The zero-order valence-electron chi connectivity index (χ0n) is 9.61. The van der Waals surface area contributed by atoms with E-state index in [2.05, 4.69) is 20.9 Å². The second-order valence-electron chi connectivity index (χ2n) is 3.80. The van der Waals surface area contributed by atoms with Crippen LogP contribution in [0.3, 0.4) is 0 Å². The number of hydrogen-bond donors (Lipinski definition) is 0. The topological polar surface area (TPSA) is 56.2 Å². The predicted molar refractivity (Wildman–Crippen MR) is 74.3 cm³/mol. The Morgan fingerprint density at radius 1 is 1.33 bits per heavy atom. The van der Waals surface area contributed by atoms with Crippen LogP contribution in [0, 0.1) is 6.92 Å². The number of aromatic nitrogens is 1. The van der Waals surface area contributed by atoms with E-state index < -0.39 is 5.63 Å². The van der Waals surface area contributed by atoms with Gasteiger partial charge in [0.15, 0.2) is 16.7 Å². The van der Waals surface area contributed by atoms with Crippen LogP contribution in [0.15, 0.2) is 35.5 Å². The Hall–Kier alpha value is -1.27. The molecule has 0 spiro atoms. The van der Waals surface area contributed by atoms with Crippen LogP contribution in [0.4, 0.5) is 0 Å². The van der Waals surface area contributed by atoms with Crippen LogP contribution in [0.25, 0.3) is 22.1 Å². The summed E-state index contributed by atoms with van der Waals surface area (Å²) < 4.78 is 11.3. The van der Waals surface area contributed by atoms with E-state index in [4.69, 9.17) is 8.83 Å². The summed E-state index contributed by atoms with van der Waals surface area (Å²) in [5, 5.41) is 1.41. The highest BCUT2D eigenvalue weighted by molar-refractivity contribution is 9.10. The number of nitrogens with zero attached hydrogens (tertiary/aromatic N) is 1. The van der Waals surface area contributed by atoms with Crippen molar-refractivity contribution in [2.75, 3.05) is 6.26 Å². The molecule has 2 aromatic heterocycles. The summed E-state index contributed by atoms with van der Waals surface area (Å²) in [6, 6.07) is 3.71. The van der Waals surface area contributed by atoms with Gasteiger partial charge in [-0.2, -0.15) is 4.98 Å². The first-order valence-electron chi connectivity index (χ1n) is 5.18. The molecule has 3 aromatic rings. The van der Waals surface area contributed by atoms with E-state index in [1.54, 1.807) is 0 Å². The third kappa shape index (κ3) is 1.59. The van der Waals surface area contributed by atoms with Crippen molar-refractivity contribution in [1.82, 2.24) is 4.98 Å². The molecule has 0 saturated carbocycles. The Balaban J connectivity index is 2.54. The van der Waals surface area contributed by atoms with E-state index >= 15 is 0 Å². The molecule has 2 heterocycles. The van der Waals surface area contributed by atoms with Crippen LogP contribution in [0.1, 0.15) is 5.56 Å². The monoisotopic (exact) mass is 325 g/mol. The standard InChI is InChI=1S/C12H8BrNO3S/c1-5-6-3-4-7-9(14-12(16-7)18-2)10(6)17-11(15)8(5)13/h3-4H,1-2H3. The molecule has 0 amide bonds. The van der Waals surface area contributed by atoms with Crippen molar-refractivity contribution in [2.45, 2.75) is 12.1 Å². The molecule has 0 aliphatic carbocycles. The van der Waals surface area contributed by atoms with E-state index in [9.17, 15) is 4.79 Å². The highest BCUT2D eigenvalue weighted by atomic mass is 79.9. The second kappa shape index (κ2) is 4.13. The number of fused-ring (bicyclic) bond motifs is 3. The average molecular weight is 326 g/mol. The van der Waals surface area contributed by atoms with E-state index in [1.807, 2.05) is 25.3 Å². The molecular formula is C12H8BrNO3S. The quantitative estimate of drug-likeness (QED) is 0.504. The number of rotatable bonds is 1. The van der Waals surface area contributed by atoms with Crippen molar-refractivity contribution < 1.29 is 8.83 Å². The van der Waals surface area contributed by atoms with E-state index in [-0.39, 0.29) is 0 Å². The first-order chi connectivity index (χ1) is 8.61. The van der Waals surface area contributed by atoms with Gasteiger partial charge in [-0.25, -0.2) is 4.79 Å². The van der Waals surface area contributed by atoms with E-state index in [0.717, 1.165) is 10.9 Å². The minimum atomic E-state index is -0.402. The molecule has 6 heteroatoms. The maximum Gasteiger partial charge on any atom is 0.351 e. The molecular weight excluding hydrogens is 318 g/mol. The summed E-state index contributed by atoms with van der Waals surface area (Å²) in [6.45, 7) is 1.87. The first-order valence-corrected chi connectivity index (χ1v) is 7.20. The summed E-state index contributed by atoms with van der Waals surface area (Å²) in [5.41, 5.74) is 2.13. The lowest BCUT2D eigenvalue weighted by atomic mass is 10.1. The van der Waals surface area contributed by atoms with Gasteiger partial charge in [0.05, 0.1) is 0 Å². The molecule has 0 unspecified atom stereocenters. The maximum atomic E-state index is 11.7. The lowest BCUT2D eigenvalue weighted by molar-refractivity contribution is 0.490. The molecule has 0 aliphatic heterocycles. The minimum Gasteiger partial charge on any atom is -0.431 e. The normalized spacial score (nSPS) is 11.5. The average Bonchev–Trinajstić information content (AvgIpc) is 2.79. The van der Waals surface area contributed by atoms with Crippen molar-refractivity contribution in [3.05, 3.63) is 32.6 Å². The summed E-state index contributed by atoms with van der Waals surface area (Å²) in [6.07, 6.45) is 1.88. The molecule has 4 nitrogen and oxygen atoms in total. The Morgan fingerprint density at radius 3 is 2.83 bits per heavy atom. The molecule has 18 heavy (non-hydrogen) atoms. The van der Waals surface area contributed by atoms with Crippen LogP contribution in [0.2, 0.25) is 0 Å². The van der Waals surface area contributed by atoms with Crippen LogP contribution < -0.4 is 5.63 Å². The van der Waals surface area contributed by atoms with E-state index in [1.165, 1.54) is 11.8 Å². The SMILES string of the molecule is CSc1nc2c(ccc3c(C)c(Br)c(=O)oc32)o1. The van der Waals surface area contributed by atoms with Gasteiger partial charge in [-0.1, -0.05) is 11.8 Å². The Labute approximate surface area is 114 Å².